The van der Waals surface area contributed by atoms with E-state index >= 15 is 0 Å². The van der Waals surface area contributed by atoms with Crippen LogP contribution in [0.2, 0.25) is 0 Å². The predicted molar refractivity (Wildman–Crippen MR) is 101 cm³/mol. The Bertz CT molecular complexity index is 703. The third kappa shape index (κ3) is 5.99. The number of primary amides is 2. The zero-order valence-corrected chi connectivity index (χ0v) is 15.2. The van der Waals surface area contributed by atoms with Gasteiger partial charge in [0.2, 0.25) is 5.91 Å². The number of nitrogens with one attached hydrogen (secondary N) is 2. The lowest BCUT2D eigenvalue weighted by Crippen LogP contribution is -2.39. The van der Waals surface area contributed by atoms with Crippen molar-refractivity contribution in [2.75, 3.05) is 10.6 Å². The molecule has 0 radical (unpaired) electrons. The van der Waals surface area contributed by atoms with Crippen molar-refractivity contribution >= 4 is 40.7 Å². The molecular weight excluding hydrogens is 342 g/mol. The molecule has 8 N–H and O–H groups in total. The highest BCUT2D eigenvalue weighted by Crippen LogP contribution is 2.16. The lowest BCUT2D eigenvalue weighted by Gasteiger charge is -2.20. The first kappa shape index (κ1) is 20.3. The lowest BCUT2D eigenvalue weighted by atomic mass is 10.0. The second-order valence-corrected chi connectivity index (χ2v) is 6.09. The van der Waals surface area contributed by atoms with Crippen LogP contribution in [-0.4, -0.2) is 32.8 Å². The largest absolute Gasteiger partial charge is 0.402 e. The normalized spacial score (nSPS) is 12.6. The summed E-state index contributed by atoms with van der Waals surface area (Å²) in [5, 5.41) is 5.66. The van der Waals surface area contributed by atoms with Crippen LogP contribution in [0.4, 0.5) is 11.6 Å². The quantitative estimate of drug-likeness (QED) is 0.328. The topological polar surface area (TPSA) is 162 Å². The van der Waals surface area contributed by atoms with E-state index in [4.69, 9.17) is 29.4 Å². The summed E-state index contributed by atoms with van der Waals surface area (Å²) in [7, 11) is 0. The Balaban J connectivity index is 3.15. The average molecular weight is 365 g/mol. The van der Waals surface area contributed by atoms with Gasteiger partial charge in [0.25, 0.3) is 5.91 Å². The van der Waals surface area contributed by atoms with Gasteiger partial charge >= 0.3 is 0 Å². The molecule has 0 aliphatic heterocycles. The van der Waals surface area contributed by atoms with Gasteiger partial charge in [0.1, 0.15) is 16.8 Å². The highest BCUT2D eigenvalue weighted by molar-refractivity contribution is 7.81. The summed E-state index contributed by atoms with van der Waals surface area (Å²) in [5.41, 5.74) is 16.9. The summed E-state index contributed by atoms with van der Waals surface area (Å²) in [6.07, 6.45) is 3.46. The number of hydrogen-bond acceptors (Lipinski definition) is 7. The number of anilines is 2. The van der Waals surface area contributed by atoms with Crippen molar-refractivity contribution in [3.8, 4) is 0 Å². The molecule has 0 unspecified atom stereocenters. The number of nitrogens with zero attached hydrogens (tertiary/aromatic N) is 2. The molecule has 1 aromatic rings. The summed E-state index contributed by atoms with van der Waals surface area (Å²) < 4.78 is 0. The van der Waals surface area contributed by atoms with Gasteiger partial charge in [-0.1, -0.05) is 33.0 Å². The second-order valence-electron chi connectivity index (χ2n) is 5.65. The molecule has 0 spiro atoms. The average Bonchev–Trinajstić information content (AvgIpc) is 2.51. The first-order valence-electron chi connectivity index (χ1n) is 7.65. The Labute approximate surface area is 151 Å². The van der Waals surface area contributed by atoms with Crippen LogP contribution in [0, 0.1) is 5.92 Å². The SMILES string of the molecule is CC/C(N)=C/C(=S)Nc1nc(N[C@@H](C(N)=O)C(C)C)cnc1C(N)=O. The summed E-state index contributed by atoms with van der Waals surface area (Å²) in [6.45, 7) is 5.55. The number of carbonyl (C=O) groups excluding carboxylic acids is 2. The van der Waals surface area contributed by atoms with E-state index < -0.39 is 17.9 Å². The maximum atomic E-state index is 11.5. The van der Waals surface area contributed by atoms with Crippen LogP contribution < -0.4 is 27.8 Å². The van der Waals surface area contributed by atoms with Gasteiger partial charge in [0.15, 0.2) is 11.5 Å². The molecule has 1 heterocycles. The minimum atomic E-state index is -0.771. The summed E-state index contributed by atoms with van der Waals surface area (Å²) >= 11 is 5.16. The molecule has 0 aliphatic carbocycles. The van der Waals surface area contributed by atoms with Crippen molar-refractivity contribution in [2.24, 2.45) is 23.1 Å². The van der Waals surface area contributed by atoms with Gasteiger partial charge in [-0.25, -0.2) is 9.97 Å². The van der Waals surface area contributed by atoms with E-state index in [1.54, 1.807) is 6.08 Å². The number of hydrogen-bond donors (Lipinski definition) is 5. The van der Waals surface area contributed by atoms with Gasteiger partial charge in [0, 0.05) is 5.70 Å². The minimum Gasteiger partial charge on any atom is -0.402 e. The molecular formula is C15H23N7O2S. The maximum Gasteiger partial charge on any atom is 0.271 e. The number of nitrogens with two attached hydrogens (primary N) is 3. The number of thiocarbonyl (C=S) groups is 1. The summed E-state index contributed by atoms with van der Waals surface area (Å²) in [6, 6.07) is -0.649. The number of carbonyl (C=O) groups is 2. The lowest BCUT2D eigenvalue weighted by molar-refractivity contribution is -0.119. The standard InChI is InChI=1S/C15H23N7O2S/c1-4-8(16)5-10(25)22-15-12(14(18)24)19-6-9(21-15)20-11(7(2)3)13(17)23/h5-7,11H,4,16H2,1-3H3,(H2,17,23)(H2,18,24)(H2,20,21,22,25)/b8-5-/t11-/m1/s1. The number of amides is 2. The zero-order chi connectivity index (χ0) is 19.1. The molecule has 0 aliphatic rings. The second kappa shape index (κ2) is 8.92. The molecule has 0 bridgehead atoms. The Hall–Kier alpha value is -2.75. The Morgan fingerprint density at radius 1 is 1.32 bits per heavy atom. The van der Waals surface area contributed by atoms with E-state index in [0.29, 0.717) is 12.1 Å². The molecule has 10 heteroatoms. The highest BCUT2D eigenvalue weighted by atomic mass is 32.1. The van der Waals surface area contributed by atoms with Gasteiger partial charge in [-0.05, 0) is 18.4 Å². The minimum absolute atomic E-state index is 0.0645. The Kier molecular flexibility index (Phi) is 7.24. The molecule has 9 nitrogen and oxygen atoms in total. The van der Waals surface area contributed by atoms with E-state index in [0.717, 1.165) is 0 Å². The van der Waals surface area contributed by atoms with Crippen molar-refractivity contribution in [1.29, 1.82) is 0 Å². The van der Waals surface area contributed by atoms with Crippen LogP contribution in [-0.2, 0) is 4.79 Å². The molecule has 25 heavy (non-hydrogen) atoms. The fourth-order valence-electron chi connectivity index (χ4n) is 1.87. The molecule has 2 amide bonds. The van der Waals surface area contributed by atoms with Gasteiger partial charge < -0.3 is 27.8 Å². The smallest absolute Gasteiger partial charge is 0.271 e. The monoisotopic (exact) mass is 365 g/mol. The van der Waals surface area contributed by atoms with Crippen molar-refractivity contribution in [3.63, 3.8) is 0 Å². The number of allylic oxidation sites excluding steroid dienone is 1. The van der Waals surface area contributed by atoms with Crippen LogP contribution >= 0.6 is 12.2 Å². The van der Waals surface area contributed by atoms with Crippen LogP contribution in [0.1, 0.15) is 37.7 Å². The van der Waals surface area contributed by atoms with Crippen molar-refractivity contribution in [2.45, 2.75) is 33.2 Å². The van der Waals surface area contributed by atoms with Crippen LogP contribution in [0.3, 0.4) is 0 Å². The van der Waals surface area contributed by atoms with E-state index in [1.807, 2.05) is 20.8 Å². The molecule has 1 rings (SSSR count). The van der Waals surface area contributed by atoms with E-state index in [1.165, 1.54) is 6.20 Å². The van der Waals surface area contributed by atoms with Crippen LogP contribution in [0.15, 0.2) is 18.0 Å². The molecule has 1 aromatic heterocycles. The Morgan fingerprint density at radius 3 is 2.44 bits per heavy atom. The van der Waals surface area contributed by atoms with E-state index in [-0.39, 0.29) is 28.2 Å². The van der Waals surface area contributed by atoms with Gasteiger partial charge in [0.05, 0.1) is 6.20 Å². The van der Waals surface area contributed by atoms with Crippen molar-refractivity contribution in [1.82, 2.24) is 9.97 Å². The predicted octanol–water partition coefficient (Wildman–Crippen LogP) is 0.489. The Morgan fingerprint density at radius 2 is 1.96 bits per heavy atom. The van der Waals surface area contributed by atoms with Crippen molar-refractivity contribution in [3.05, 3.63) is 23.7 Å². The third-order valence-electron chi connectivity index (χ3n) is 3.25. The first-order valence-corrected chi connectivity index (χ1v) is 8.06. The van der Waals surface area contributed by atoms with E-state index in [9.17, 15) is 9.59 Å². The fraction of sp³-hybridized carbons (Fsp3) is 0.400. The van der Waals surface area contributed by atoms with Gasteiger partial charge in [-0.3, -0.25) is 9.59 Å². The third-order valence-corrected chi connectivity index (χ3v) is 3.47. The molecule has 0 saturated carbocycles. The zero-order valence-electron chi connectivity index (χ0n) is 14.4. The molecule has 136 valence electrons. The number of aromatic nitrogens is 2. The van der Waals surface area contributed by atoms with Crippen LogP contribution in [0.5, 0.6) is 0 Å². The van der Waals surface area contributed by atoms with Gasteiger partial charge in [-0.15, -0.1) is 0 Å². The van der Waals surface area contributed by atoms with E-state index in [2.05, 4.69) is 20.6 Å². The molecule has 1 atom stereocenters. The van der Waals surface area contributed by atoms with Crippen molar-refractivity contribution < 1.29 is 9.59 Å². The summed E-state index contributed by atoms with van der Waals surface area (Å²) in [5.74, 6) is -1.05. The summed E-state index contributed by atoms with van der Waals surface area (Å²) in [4.78, 5) is 31.5. The molecule has 0 fully saturated rings. The van der Waals surface area contributed by atoms with Crippen LogP contribution in [0.25, 0.3) is 0 Å². The fourth-order valence-corrected chi connectivity index (χ4v) is 2.12. The maximum absolute atomic E-state index is 11.5. The molecule has 0 aromatic carbocycles. The first-order chi connectivity index (χ1) is 11.6. The number of rotatable bonds is 8. The van der Waals surface area contributed by atoms with Gasteiger partial charge in [-0.2, -0.15) is 0 Å². The highest BCUT2D eigenvalue weighted by Gasteiger charge is 2.21. The molecule has 0 saturated heterocycles.